The van der Waals surface area contributed by atoms with E-state index in [0.717, 1.165) is 35.4 Å². The molecule has 1 aromatic heterocycles. The first-order chi connectivity index (χ1) is 17.1. The molecule has 0 aliphatic carbocycles. The molecule has 0 bridgehead atoms. The van der Waals surface area contributed by atoms with E-state index in [1.807, 2.05) is 42.5 Å². The highest BCUT2D eigenvalue weighted by Gasteiger charge is 2.13. The first-order valence-corrected chi connectivity index (χ1v) is 12.2. The van der Waals surface area contributed by atoms with Crippen molar-refractivity contribution in [1.29, 1.82) is 0 Å². The van der Waals surface area contributed by atoms with Crippen LogP contribution in [0.2, 0.25) is 0 Å². The second-order valence-electron chi connectivity index (χ2n) is 8.77. The number of rotatable bonds is 11. The molecule has 3 aromatic carbocycles. The van der Waals surface area contributed by atoms with Crippen molar-refractivity contribution in [3.63, 3.8) is 0 Å². The number of amides is 1. The summed E-state index contributed by atoms with van der Waals surface area (Å²) >= 11 is 0. The second kappa shape index (κ2) is 11.6. The molecule has 0 fully saturated rings. The Labute approximate surface area is 206 Å². The molecule has 35 heavy (non-hydrogen) atoms. The standard InChI is InChI=1S/C29H33N3O3/c1-21(2)22-11-4-9-16-27(22)35-20-19-32-25-14-7-6-13-24(25)31-28(32)17-10-18-30-29(33)23-12-5-8-15-26(23)34-3/h4-9,11-16,21H,10,17-20H2,1-3H3,(H,30,33). The predicted molar refractivity (Wildman–Crippen MR) is 139 cm³/mol. The zero-order valence-corrected chi connectivity index (χ0v) is 20.7. The molecule has 1 N–H and O–H groups in total. The van der Waals surface area contributed by atoms with Crippen LogP contribution in [0, 0.1) is 0 Å². The second-order valence-corrected chi connectivity index (χ2v) is 8.77. The van der Waals surface area contributed by atoms with Crippen molar-refractivity contribution in [3.8, 4) is 11.5 Å². The average Bonchev–Trinajstić information content (AvgIpc) is 3.24. The number of carbonyl (C=O) groups is 1. The topological polar surface area (TPSA) is 65.4 Å². The Balaban J connectivity index is 1.39. The number of carbonyl (C=O) groups excluding carboxylic acids is 1. The number of benzene rings is 3. The number of hydrogen-bond donors (Lipinski definition) is 1. The summed E-state index contributed by atoms with van der Waals surface area (Å²) in [6.07, 6.45) is 1.53. The molecule has 0 aliphatic heterocycles. The minimum absolute atomic E-state index is 0.131. The number of hydrogen-bond acceptors (Lipinski definition) is 4. The number of imidazole rings is 1. The Hall–Kier alpha value is -3.80. The Bertz CT molecular complexity index is 1280. The van der Waals surface area contributed by atoms with Gasteiger partial charge in [-0.2, -0.15) is 0 Å². The molecule has 0 radical (unpaired) electrons. The van der Waals surface area contributed by atoms with Crippen molar-refractivity contribution >= 4 is 16.9 Å². The van der Waals surface area contributed by atoms with Gasteiger partial charge in [-0.3, -0.25) is 4.79 Å². The molecular formula is C29H33N3O3. The van der Waals surface area contributed by atoms with Gasteiger partial charge in [0, 0.05) is 13.0 Å². The largest absolute Gasteiger partial charge is 0.496 e. The predicted octanol–water partition coefficient (Wildman–Crippen LogP) is 5.61. The van der Waals surface area contributed by atoms with Crippen molar-refractivity contribution in [2.75, 3.05) is 20.3 Å². The van der Waals surface area contributed by atoms with Crippen LogP contribution in [0.15, 0.2) is 72.8 Å². The number of methoxy groups -OCH3 is 1. The SMILES string of the molecule is COc1ccccc1C(=O)NCCCc1nc2ccccc2n1CCOc1ccccc1C(C)C. The molecule has 6 nitrogen and oxygen atoms in total. The fourth-order valence-corrected chi connectivity index (χ4v) is 4.28. The zero-order chi connectivity index (χ0) is 24.6. The van der Waals surface area contributed by atoms with E-state index in [0.29, 0.717) is 36.9 Å². The van der Waals surface area contributed by atoms with Gasteiger partial charge in [0.2, 0.25) is 0 Å². The van der Waals surface area contributed by atoms with Gasteiger partial charge in [-0.15, -0.1) is 0 Å². The molecule has 0 spiro atoms. The smallest absolute Gasteiger partial charge is 0.255 e. The van der Waals surface area contributed by atoms with Gasteiger partial charge in [-0.1, -0.05) is 56.3 Å². The van der Waals surface area contributed by atoms with Gasteiger partial charge in [0.05, 0.1) is 30.3 Å². The van der Waals surface area contributed by atoms with Crippen LogP contribution in [-0.2, 0) is 13.0 Å². The monoisotopic (exact) mass is 471 g/mol. The normalized spacial score (nSPS) is 11.1. The van der Waals surface area contributed by atoms with E-state index < -0.39 is 0 Å². The van der Waals surface area contributed by atoms with Crippen LogP contribution in [0.25, 0.3) is 11.0 Å². The van der Waals surface area contributed by atoms with E-state index in [2.05, 4.69) is 41.9 Å². The molecule has 4 rings (SSSR count). The maximum absolute atomic E-state index is 12.6. The van der Waals surface area contributed by atoms with Gasteiger partial charge in [0.15, 0.2) is 0 Å². The molecule has 6 heteroatoms. The third-order valence-corrected chi connectivity index (χ3v) is 6.06. The van der Waals surface area contributed by atoms with Gasteiger partial charge < -0.3 is 19.4 Å². The van der Waals surface area contributed by atoms with E-state index in [1.54, 1.807) is 19.2 Å². The Morgan fingerprint density at radius 2 is 1.69 bits per heavy atom. The van der Waals surface area contributed by atoms with Crippen LogP contribution in [0.5, 0.6) is 11.5 Å². The Kier molecular flexibility index (Phi) is 8.03. The molecule has 1 heterocycles. The number of fused-ring (bicyclic) bond motifs is 1. The minimum atomic E-state index is -0.131. The van der Waals surface area contributed by atoms with Crippen LogP contribution in [0.1, 0.15) is 47.9 Å². The van der Waals surface area contributed by atoms with Crippen LogP contribution >= 0.6 is 0 Å². The molecule has 182 valence electrons. The molecule has 0 saturated carbocycles. The van der Waals surface area contributed by atoms with Crippen molar-refractivity contribution < 1.29 is 14.3 Å². The Morgan fingerprint density at radius 3 is 2.49 bits per heavy atom. The van der Waals surface area contributed by atoms with Crippen LogP contribution in [0.4, 0.5) is 0 Å². The highest BCUT2D eigenvalue weighted by atomic mass is 16.5. The third kappa shape index (κ3) is 5.83. The maximum Gasteiger partial charge on any atom is 0.255 e. The van der Waals surface area contributed by atoms with E-state index in [4.69, 9.17) is 14.5 Å². The summed E-state index contributed by atoms with van der Waals surface area (Å²) in [4.78, 5) is 17.4. The molecule has 0 saturated heterocycles. The van der Waals surface area contributed by atoms with E-state index >= 15 is 0 Å². The fourth-order valence-electron chi connectivity index (χ4n) is 4.28. The van der Waals surface area contributed by atoms with Crippen LogP contribution in [-0.4, -0.2) is 35.7 Å². The van der Waals surface area contributed by atoms with Gasteiger partial charge >= 0.3 is 0 Å². The van der Waals surface area contributed by atoms with Crippen LogP contribution < -0.4 is 14.8 Å². The number of nitrogens with zero attached hydrogens (tertiary/aromatic N) is 2. The van der Waals surface area contributed by atoms with Gasteiger partial charge in [0.25, 0.3) is 5.91 Å². The summed E-state index contributed by atoms with van der Waals surface area (Å²) < 4.78 is 13.7. The lowest BCUT2D eigenvalue weighted by Crippen LogP contribution is -2.25. The molecule has 0 atom stereocenters. The number of nitrogens with one attached hydrogen (secondary N) is 1. The number of aryl methyl sites for hydroxylation is 1. The average molecular weight is 472 g/mol. The van der Waals surface area contributed by atoms with Gasteiger partial charge in [-0.05, 0) is 48.2 Å². The van der Waals surface area contributed by atoms with Crippen molar-refractivity contribution in [2.45, 2.75) is 39.2 Å². The summed E-state index contributed by atoms with van der Waals surface area (Å²) in [5.74, 6) is 2.78. The maximum atomic E-state index is 12.6. The van der Waals surface area contributed by atoms with E-state index in [1.165, 1.54) is 5.56 Å². The lowest BCUT2D eigenvalue weighted by molar-refractivity contribution is 0.0950. The molecule has 4 aromatic rings. The third-order valence-electron chi connectivity index (χ3n) is 6.06. The lowest BCUT2D eigenvalue weighted by atomic mass is 10.0. The van der Waals surface area contributed by atoms with Crippen molar-refractivity contribution in [1.82, 2.24) is 14.9 Å². The summed E-state index contributed by atoms with van der Waals surface area (Å²) in [5.41, 5.74) is 3.83. The minimum Gasteiger partial charge on any atom is -0.496 e. The first-order valence-electron chi connectivity index (χ1n) is 12.2. The molecule has 0 aliphatic rings. The number of aromatic nitrogens is 2. The fraction of sp³-hybridized carbons (Fsp3) is 0.310. The summed E-state index contributed by atoms with van der Waals surface area (Å²) in [5, 5.41) is 3.00. The Morgan fingerprint density at radius 1 is 0.971 bits per heavy atom. The first kappa shape index (κ1) is 24.3. The summed E-state index contributed by atoms with van der Waals surface area (Å²) in [6.45, 7) is 6.17. The summed E-state index contributed by atoms with van der Waals surface area (Å²) in [7, 11) is 1.57. The number of para-hydroxylation sites is 4. The van der Waals surface area contributed by atoms with E-state index in [-0.39, 0.29) is 5.91 Å². The molecular weight excluding hydrogens is 438 g/mol. The summed E-state index contributed by atoms with van der Waals surface area (Å²) in [6, 6.07) is 23.6. The highest BCUT2D eigenvalue weighted by molar-refractivity contribution is 5.96. The van der Waals surface area contributed by atoms with Crippen molar-refractivity contribution in [3.05, 3.63) is 89.7 Å². The van der Waals surface area contributed by atoms with Crippen LogP contribution in [0.3, 0.4) is 0 Å². The molecule has 1 amide bonds. The highest BCUT2D eigenvalue weighted by Crippen LogP contribution is 2.26. The van der Waals surface area contributed by atoms with Gasteiger partial charge in [-0.25, -0.2) is 4.98 Å². The lowest BCUT2D eigenvalue weighted by Gasteiger charge is -2.15. The molecule has 0 unspecified atom stereocenters. The van der Waals surface area contributed by atoms with E-state index in [9.17, 15) is 4.79 Å². The van der Waals surface area contributed by atoms with Gasteiger partial charge in [0.1, 0.15) is 23.9 Å². The zero-order valence-electron chi connectivity index (χ0n) is 20.7. The number of ether oxygens (including phenoxy) is 2. The van der Waals surface area contributed by atoms with Crippen molar-refractivity contribution in [2.24, 2.45) is 0 Å². The quantitative estimate of drug-likeness (QED) is 0.289.